The molecule has 100 valence electrons. The first-order valence-corrected chi connectivity index (χ1v) is 6.56. The molecule has 0 aliphatic heterocycles. The molecule has 0 bridgehead atoms. The second-order valence-corrected chi connectivity index (χ2v) is 4.48. The highest BCUT2D eigenvalue weighted by Gasteiger charge is 2.05. The maximum absolute atomic E-state index is 13.2. The largest absolute Gasteiger partial charge is 0.370 e. The molecule has 0 saturated heterocycles. The van der Waals surface area contributed by atoms with Gasteiger partial charge in [-0.15, -0.1) is 0 Å². The summed E-state index contributed by atoms with van der Waals surface area (Å²) in [7, 11) is 0. The zero-order valence-corrected chi connectivity index (χ0v) is 11.1. The molecule has 2 rings (SSSR count). The zero-order valence-electron chi connectivity index (χ0n) is 11.1. The highest BCUT2D eigenvalue weighted by Crippen LogP contribution is 2.16. The van der Waals surface area contributed by atoms with Gasteiger partial charge in [0.15, 0.2) is 0 Å². The minimum absolute atomic E-state index is 0.213. The molecule has 1 N–H and O–H groups in total. The van der Waals surface area contributed by atoms with Crippen molar-refractivity contribution in [1.82, 2.24) is 9.97 Å². The van der Waals surface area contributed by atoms with Gasteiger partial charge >= 0.3 is 0 Å². The van der Waals surface area contributed by atoms with Crippen LogP contribution < -0.4 is 5.32 Å². The SMILES string of the molecule is CCCCNc1ncncc1Cc1cccc(F)c1. The van der Waals surface area contributed by atoms with E-state index in [0.717, 1.165) is 36.3 Å². The van der Waals surface area contributed by atoms with Crippen LogP contribution in [0.3, 0.4) is 0 Å². The van der Waals surface area contributed by atoms with Crippen molar-refractivity contribution in [3.05, 3.63) is 53.7 Å². The second-order valence-electron chi connectivity index (χ2n) is 4.48. The fourth-order valence-electron chi connectivity index (χ4n) is 1.90. The Hall–Kier alpha value is -1.97. The monoisotopic (exact) mass is 259 g/mol. The fourth-order valence-corrected chi connectivity index (χ4v) is 1.90. The summed E-state index contributed by atoms with van der Waals surface area (Å²) in [6, 6.07) is 6.62. The van der Waals surface area contributed by atoms with Crippen molar-refractivity contribution in [3.8, 4) is 0 Å². The number of unbranched alkanes of at least 4 members (excludes halogenated alkanes) is 1. The number of benzene rings is 1. The molecule has 2 aromatic rings. The molecule has 1 aromatic heterocycles. The van der Waals surface area contributed by atoms with E-state index in [1.165, 1.54) is 12.4 Å². The van der Waals surface area contributed by atoms with Crippen LogP contribution in [-0.4, -0.2) is 16.5 Å². The van der Waals surface area contributed by atoms with Gasteiger partial charge < -0.3 is 5.32 Å². The van der Waals surface area contributed by atoms with Gasteiger partial charge in [0, 0.05) is 24.7 Å². The molecular formula is C15H18FN3. The fraction of sp³-hybridized carbons (Fsp3) is 0.333. The number of nitrogens with zero attached hydrogens (tertiary/aromatic N) is 2. The number of nitrogens with one attached hydrogen (secondary N) is 1. The van der Waals surface area contributed by atoms with Crippen LogP contribution in [0.25, 0.3) is 0 Å². The lowest BCUT2D eigenvalue weighted by molar-refractivity contribution is 0.626. The molecule has 0 saturated carbocycles. The standard InChI is InChI=1S/C15H18FN3/c1-2-3-7-18-15-13(10-17-11-19-15)8-12-5-4-6-14(16)9-12/h4-6,9-11H,2-3,7-8H2,1H3,(H,17,18,19). The molecule has 0 spiro atoms. The third kappa shape index (κ3) is 4.02. The Balaban J connectivity index is 2.11. The summed E-state index contributed by atoms with van der Waals surface area (Å²) in [5, 5.41) is 3.30. The average Bonchev–Trinajstić information content (AvgIpc) is 2.41. The Morgan fingerprint density at radius 1 is 1.32 bits per heavy atom. The van der Waals surface area contributed by atoms with E-state index in [-0.39, 0.29) is 5.82 Å². The first-order chi connectivity index (χ1) is 9.29. The minimum Gasteiger partial charge on any atom is -0.370 e. The van der Waals surface area contributed by atoms with Gasteiger partial charge in [-0.1, -0.05) is 25.5 Å². The maximum Gasteiger partial charge on any atom is 0.132 e. The van der Waals surface area contributed by atoms with Crippen LogP contribution in [0, 0.1) is 5.82 Å². The third-order valence-electron chi connectivity index (χ3n) is 2.89. The van der Waals surface area contributed by atoms with Crippen LogP contribution in [0.1, 0.15) is 30.9 Å². The predicted octanol–water partition coefficient (Wildman–Crippen LogP) is 3.42. The van der Waals surface area contributed by atoms with E-state index < -0.39 is 0 Å². The van der Waals surface area contributed by atoms with Gasteiger partial charge in [0.25, 0.3) is 0 Å². The smallest absolute Gasteiger partial charge is 0.132 e. The molecule has 0 amide bonds. The normalized spacial score (nSPS) is 10.4. The lowest BCUT2D eigenvalue weighted by atomic mass is 10.1. The Morgan fingerprint density at radius 2 is 2.21 bits per heavy atom. The number of hydrogen-bond acceptors (Lipinski definition) is 3. The third-order valence-corrected chi connectivity index (χ3v) is 2.89. The Labute approximate surface area is 112 Å². The van der Waals surface area contributed by atoms with Crippen LogP contribution in [0.4, 0.5) is 10.2 Å². The summed E-state index contributed by atoms with van der Waals surface area (Å²) in [5.74, 6) is 0.627. The first-order valence-electron chi connectivity index (χ1n) is 6.56. The van der Waals surface area contributed by atoms with Crippen molar-refractivity contribution < 1.29 is 4.39 Å². The van der Waals surface area contributed by atoms with Gasteiger partial charge in [-0.2, -0.15) is 0 Å². The molecule has 0 radical (unpaired) electrons. The van der Waals surface area contributed by atoms with E-state index in [4.69, 9.17) is 0 Å². The van der Waals surface area contributed by atoms with E-state index >= 15 is 0 Å². The van der Waals surface area contributed by atoms with Crippen LogP contribution in [0.15, 0.2) is 36.8 Å². The van der Waals surface area contributed by atoms with Crippen LogP contribution in [0.5, 0.6) is 0 Å². The predicted molar refractivity (Wildman–Crippen MR) is 74.6 cm³/mol. The zero-order chi connectivity index (χ0) is 13.5. The van der Waals surface area contributed by atoms with E-state index in [1.54, 1.807) is 18.3 Å². The minimum atomic E-state index is -0.213. The summed E-state index contributed by atoms with van der Waals surface area (Å²) < 4.78 is 13.2. The van der Waals surface area contributed by atoms with E-state index in [2.05, 4.69) is 22.2 Å². The summed E-state index contributed by atoms with van der Waals surface area (Å²) in [5.41, 5.74) is 1.91. The van der Waals surface area contributed by atoms with Gasteiger partial charge in [0.1, 0.15) is 18.0 Å². The van der Waals surface area contributed by atoms with Crippen molar-refractivity contribution in [3.63, 3.8) is 0 Å². The molecule has 0 atom stereocenters. The Bertz CT molecular complexity index is 528. The average molecular weight is 259 g/mol. The summed E-state index contributed by atoms with van der Waals surface area (Å²) >= 11 is 0. The maximum atomic E-state index is 13.2. The lowest BCUT2D eigenvalue weighted by Crippen LogP contribution is -2.07. The first kappa shape index (κ1) is 13.5. The number of rotatable bonds is 6. The highest BCUT2D eigenvalue weighted by atomic mass is 19.1. The topological polar surface area (TPSA) is 37.8 Å². The van der Waals surface area contributed by atoms with Crippen molar-refractivity contribution in [2.24, 2.45) is 0 Å². The van der Waals surface area contributed by atoms with Crippen molar-refractivity contribution >= 4 is 5.82 Å². The molecule has 3 nitrogen and oxygen atoms in total. The summed E-state index contributed by atoms with van der Waals surface area (Å²) in [4.78, 5) is 8.30. The molecule has 19 heavy (non-hydrogen) atoms. The Kier molecular flexibility index (Phi) is 4.84. The second kappa shape index (κ2) is 6.83. The van der Waals surface area contributed by atoms with Crippen LogP contribution >= 0.6 is 0 Å². The Morgan fingerprint density at radius 3 is 3.00 bits per heavy atom. The van der Waals surface area contributed by atoms with Crippen molar-refractivity contribution in [2.45, 2.75) is 26.2 Å². The van der Waals surface area contributed by atoms with E-state index in [1.807, 2.05) is 6.07 Å². The van der Waals surface area contributed by atoms with Gasteiger partial charge in [-0.3, -0.25) is 0 Å². The van der Waals surface area contributed by atoms with E-state index in [0.29, 0.717) is 6.42 Å². The summed E-state index contributed by atoms with van der Waals surface area (Å²) in [6.07, 6.45) is 6.18. The lowest BCUT2D eigenvalue weighted by Gasteiger charge is -2.10. The quantitative estimate of drug-likeness (QED) is 0.808. The number of halogens is 1. The summed E-state index contributed by atoms with van der Waals surface area (Å²) in [6.45, 7) is 3.04. The molecule has 1 aromatic carbocycles. The molecule has 0 aliphatic rings. The number of hydrogen-bond donors (Lipinski definition) is 1. The van der Waals surface area contributed by atoms with Gasteiger partial charge in [0.05, 0.1) is 0 Å². The molecule has 0 unspecified atom stereocenters. The molecule has 0 aliphatic carbocycles. The van der Waals surface area contributed by atoms with Gasteiger partial charge in [0.2, 0.25) is 0 Å². The van der Waals surface area contributed by atoms with Gasteiger partial charge in [-0.05, 0) is 24.1 Å². The molecule has 4 heteroatoms. The van der Waals surface area contributed by atoms with Crippen LogP contribution in [0.2, 0.25) is 0 Å². The molecular weight excluding hydrogens is 241 g/mol. The molecule has 0 fully saturated rings. The van der Waals surface area contributed by atoms with Crippen molar-refractivity contribution in [1.29, 1.82) is 0 Å². The highest BCUT2D eigenvalue weighted by molar-refractivity contribution is 5.44. The van der Waals surface area contributed by atoms with E-state index in [9.17, 15) is 4.39 Å². The van der Waals surface area contributed by atoms with Crippen LogP contribution in [-0.2, 0) is 6.42 Å². The van der Waals surface area contributed by atoms with Crippen molar-refractivity contribution in [2.75, 3.05) is 11.9 Å². The number of aromatic nitrogens is 2. The molecule has 1 heterocycles. The number of anilines is 1. The van der Waals surface area contributed by atoms with Gasteiger partial charge in [-0.25, -0.2) is 14.4 Å².